The predicted octanol–water partition coefficient (Wildman–Crippen LogP) is -0.300. The predicted molar refractivity (Wildman–Crippen MR) is 69.8 cm³/mol. The lowest BCUT2D eigenvalue weighted by Gasteiger charge is -2.08. The molecule has 0 spiro atoms. The van der Waals surface area contributed by atoms with Crippen molar-refractivity contribution in [2.45, 2.75) is 27.2 Å². The Hall–Kier alpha value is -1.11. The average molecular weight is 278 g/mol. The van der Waals surface area contributed by atoms with Crippen molar-refractivity contribution < 1.29 is 18.0 Å². The Labute approximate surface area is 108 Å². The monoisotopic (exact) mass is 278 g/mol. The highest BCUT2D eigenvalue weighted by molar-refractivity contribution is 7.91. The van der Waals surface area contributed by atoms with Crippen LogP contribution in [0.2, 0.25) is 0 Å². The highest BCUT2D eigenvalue weighted by Gasteiger charge is 2.15. The number of carbonyl (C=O) groups is 2. The zero-order valence-corrected chi connectivity index (χ0v) is 12.0. The second kappa shape index (κ2) is 8.07. The van der Waals surface area contributed by atoms with E-state index in [9.17, 15) is 18.0 Å². The number of amides is 2. The van der Waals surface area contributed by atoms with E-state index >= 15 is 0 Å². The van der Waals surface area contributed by atoms with Crippen molar-refractivity contribution in [3.05, 3.63) is 0 Å². The minimum absolute atomic E-state index is 0.0326. The van der Waals surface area contributed by atoms with Crippen LogP contribution in [0.4, 0.5) is 0 Å². The first-order valence-corrected chi connectivity index (χ1v) is 7.76. The van der Waals surface area contributed by atoms with Gasteiger partial charge in [-0.15, -0.1) is 0 Å². The molecule has 106 valence electrons. The summed E-state index contributed by atoms with van der Waals surface area (Å²) in [5.41, 5.74) is 0. The van der Waals surface area contributed by atoms with Crippen LogP contribution in [0.15, 0.2) is 0 Å². The number of nitrogens with one attached hydrogen (secondary N) is 2. The molecule has 0 fully saturated rings. The summed E-state index contributed by atoms with van der Waals surface area (Å²) in [5, 5.41) is 5.07. The Kier molecular flexibility index (Phi) is 7.58. The molecule has 2 N–H and O–H groups in total. The van der Waals surface area contributed by atoms with Crippen LogP contribution in [0, 0.1) is 5.92 Å². The number of hydrogen-bond acceptors (Lipinski definition) is 4. The first kappa shape index (κ1) is 16.9. The molecule has 0 bridgehead atoms. The Bertz CT molecular complexity index is 377. The third-order valence-electron chi connectivity index (χ3n) is 2.05. The van der Waals surface area contributed by atoms with Crippen LogP contribution >= 0.6 is 0 Å². The first-order valence-electron chi connectivity index (χ1n) is 5.94. The van der Waals surface area contributed by atoms with E-state index in [-0.39, 0.29) is 35.7 Å². The zero-order valence-electron chi connectivity index (χ0n) is 11.2. The van der Waals surface area contributed by atoms with Gasteiger partial charge in [-0.2, -0.15) is 0 Å². The standard InChI is InChI=1S/C11H22N2O4S/c1-9(2)8-18(16,17)7-4-11(15)13-6-5-12-10(3)14/h9H,4-8H2,1-3H3,(H,12,14)(H,13,15). The van der Waals surface area contributed by atoms with Crippen molar-refractivity contribution in [3.63, 3.8) is 0 Å². The van der Waals surface area contributed by atoms with Crippen molar-refractivity contribution in [2.75, 3.05) is 24.6 Å². The summed E-state index contributed by atoms with van der Waals surface area (Å²) >= 11 is 0. The fourth-order valence-corrected chi connectivity index (χ4v) is 3.05. The van der Waals surface area contributed by atoms with E-state index in [1.54, 1.807) is 0 Å². The van der Waals surface area contributed by atoms with Gasteiger partial charge in [0.05, 0.1) is 11.5 Å². The molecule has 0 radical (unpaired) electrons. The van der Waals surface area contributed by atoms with Crippen molar-refractivity contribution in [2.24, 2.45) is 5.92 Å². The van der Waals surface area contributed by atoms with Gasteiger partial charge in [0.25, 0.3) is 0 Å². The summed E-state index contributed by atoms with van der Waals surface area (Å²) in [6.45, 7) is 5.69. The van der Waals surface area contributed by atoms with Gasteiger partial charge < -0.3 is 10.6 Å². The average Bonchev–Trinajstić information content (AvgIpc) is 2.19. The maximum Gasteiger partial charge on any atom is 0.221 e. The summed E-state index contributed by atoms with van der Waals surface area (Å²) in [6.07, 6.45) is -0.0326. The van der Waals surface area contributed by atoms with E-state index in [0.717, 1.165) is 0 Å². The van der Waals surface area contributed by atoms with Gasteiger partial charge in [0, 0.05) is 26.4 Å². The molecule has 0 rings (SSSR count). The number of carbonyl (C=O) groups excluding carboxylic acids is 2. The molecule has 18 heavy (non-hydrogen) atoms. The fraction of sp³-hybridized carbons (Fsp3) is 0.818. The quantitative estimate of drug-likeness (QED) is 0.596. The SMILES string of the molecule is CC(=O)NCCNC(=O)CCS(=O)(=O)CC(C)C. The minimum Gasteiger partial charge on any atom is -0.355 e. The van der Waals surface area contributed by atoms with Crippen LogP contribution in [0.3, 0.4) is 0 Å². The second-order valence-electron chi connectivity index (χ2n) is 4.59. The van der Waals surface area contributed by atoms with Crippen molar-refractivity contribution in [3.8, 4) is 0 Å². The largest absolute Gasteiger partial charge is 0.355 e. The maximum atomic E-state index is 11.5. The summed E-state index contributed by atoms with van der Waals surface area (Å²) < 4.78 is 23.1. The molecule has 0 aromatic heterocycles. The smallest absolute Gasteiger partial charge is 0.221 e. The van der Waals surface area contributed by atoms with Crippen molar-refractivity contribution in [1.29, 1.82) is 0 Å². The van der Waals surface area contributed by atoms with Gasteiger partial charge in [0.1, 0.15) is 0 Å². The maximum absolute atomic E-state index is 11.5. The summed E-state index contributed by atoms with van der Waals surface area (Å²) in [4.78, 5) is 21.9. The van der Waals surface area contributed by atoms with Crippen molar-refractivity contribution >= 4 is 21.7 Å². The molecule has 0 aromatic rings. The molecule has 0 aliphatic heterocycles. The highest BCUT2D eigenvalue weighted by Crippen LogP contribution is 2.02. The summed E-state index contributed by atoms with van der Waals surface area (Å²) in [5.74, 6) is -0.433. The van der Waals surface area contributed by atoms with Gasteiger partial charge in [-0.25, -0.2) is 8.42 Å². The molecule has 0 heterocycles. The normalized spacial score (nSPS) is 11.3. The molecule has 2 amide bonds. The summed E-state index contributed by atoms with van der Waals surface area (Å²) in [7, 11) is -3.15. The Morgan fingerprint density at radius 2 is 1.67 bits per heavy atom. The lowest BCUT2D eigenvalue weighted by atomic mass is 10.3. The minimum atomic E-state index is -3.15. The van der Waals surface area contributed by atoms with E-state index < -0.39 is 9.84 Å². The van der Waals surface area contributed by atoms with Gasteiger partial charge in [-0.1, -0.05) is 13.8 Å². The molecule has 0 unspecified atom stereocenters. The van der Waals surface area contributed by atoms with E-state index in [1.807, 2.05) is 13.8 Å². The molecule has 0 aliphatic carbocycles. The fourth-order valence-electron chi connectivity index (χ4n) is 1.37. The number of sulfone groups is 1. The van der Waals surface area contributed by atoms with Crippen LogP contribution in [0.1, 0.15) is 27.2 Å². The first-order chi connectivity index (χ1) is 8.23. The van der Waals surface area contributed by atoms with Crippen molar-refractivity contribution in [1.82, 2.24) is 10.6 Å². The lowest BCUT2D eigenvalue weighted by Crippen LogP contribution is -2.34. The van der Waals surface area contributed by atoms with Gasteiger partial charge in [-0.3, -0.25) is 9.59 Å². The van der Waals surface area contributed by atoms with E-state index in [4.69, 9.17) is 0 Å². The second-order valence-corrected chi connectivity index (χ2v) is 6.82. The third-order valence-corrected chi connectivity index (χ3v) is 4.05. The van der Waals surface area contributed by atoms with Gasteiger partial charge >= 0.3 is 0 Å². The zero-order chi connectivity index (χ0) is 14.2. The molecule has 0 aliphatic rings. The van der Waals surface area contributed by atoms with Crippen LogP contribution < -0.4 is 10.6 Å². The number of rotatable bonds is 8. The van der Waals surface area contributed by atoms with Crippen LogP contribution in [-0.4, -0.2) is 44.8 Å². The van der Waals surface area contributed by atoms with Gasteiger partial charge in [-0.05, 0) is 5.92 Å². The molecule has 0 atom stereocenters. The Morgan fingerprint density at radius 3 is 2.17 bits per heavy atom. The molecule has 0 saturated heterocycles. The summed E-state index contributed by atoms with van der Waals surface area (Å²) in [6, 6.07) is 0. The van der Waals surface area contributed by atoms with Crippen LogP contribution in [-0.2, 0) is 19.4 Å². The van der Waals surface area contributed by atoms with E-state index in [2.05, 4.69) is 10.6 Å². The molecular weight excluding hydrogens is 256 g/mol. The molecule has 6 nitrogen and oxygen atoms in total. The van der Waals surface area contributed by atoms with Gasteiger partial charge in [0.2, 0.25) is 11.8 Å². The highest BCUT2D eigenvalue weighted by atomic mass is 32.2. The molecule has 0 aromatic carbocycles. The molecule has 7 heteroatoms. The van der Waals surface area contributed by atoms with Gasteiger partial charge in [0.15, 0.2) is 9.84 Å². The van der Waals surface area contributed by atoms with Crippen LogP contribution in [0.25, 0.3) is 0 Å². The topological polar surface area (TPSA) is 92.3 Å². The third kappa shape index (κ3) is 10.1. The molecular formula is C11H22N2O4S. The lowest BCUT2D eigenvalue weighted by molar-refractivity contribution is -0.121. The molecule has 0 saturated carbocycles. The number of hydrogen-bond donors (Lipinski definition) is 2. The van der Waals surface area contributed by atoms with E-state index in [0.29, 0.717) is 13.1 Å². The Morgan fingerprint density at radius 1 is 1.11 bits per heavy atom. The van der Waals surface area contributed by atoms with Crippen LogP contribution in [0.5, 0.6) is 0 Å². The Balaban J connectivity index is 3.80. The van der Waals surface area contributed by atoms with E-state index in [1.165, 1.54) is 6.92 Å².